The van der Waals surface area contributed by atoms with E-state index in [1.807, 2.05) is 30.3 Å². The van der Waals surface area contributed by atoms with Crippen LogP contribution < -0.4 is 25.5 Å². The number of methoxy groups -OCH3 is 1. The van der Waals surface area contributed by atoms with E-state index in [4.69, 9.17) is 9.47 Å². The summed E-state index contributed by atoms with van der Waals surface area (Å²) in [4.78, 5) is 28.6. The Balaban J connectivity index is 1.73. The number of amides is 3. The number of pyridine rings is 1. The number of hydrogen-bond donors (Lipinski definition) is 3. The molecule has 2 fully saturated rings. The maximum absolute atomic E-state index is 12.3. The van der Waals surface area contributed by atoms with E-state index in [2.05, 4.69) is 21.0 Å². The maximum atomic E-state index is 12.3. The Bertz CT molecular complexity index is 964. The Morgan fingerprint density at radius 3 is 2.72 bits per heavy atom. The number of benzene rings is 1. The predicted octanol–water partition coefficient (Wildman–Crippen LogP) is 2.43. The molecule has 1 aromatic heterocycles. The number of rotatable bonds is 8. The van der Waals surface area contributed by atoms with Crippen molar-refractivity contribution in [1.82, 2.24) is 26.1 Å². The van der Waals surface area contributed by atoms with E-state index in [0.29, 0.717) is 18.0 Å². The van der Waals surface area contributed by atoms with E-state index in [1.54, 1.807) is 24.5 Å². The summed E-state index contributed by atoms with van der Waals surface area (Å²) < 4.78 is 11.8. The standard InChI is InChI=1S/C23H29N5O4/c1-16(29)27-28(14-17-6-5-11-24-13-17)23(15-25-22(30)26-23)18-9-10-20(31-2)21(12-18)32-19-7-3-4-8-19/h5-6,9-13,19H,3-4,7-8,14-15H2,1-2H3,(H,27,29)(H2,25,26,30). The monoisotopic (exact) mass is 439 g/mol. The minimum absolute atomic E-state index is 0.147. The van der Waals surface area contributed by atoms with Crippen LogP contribution in [-0.2, 0) is 17.0 Å². The Labute approximate surface area is 187 Å². The number of ether oxygens (including phenoxy) is 2. The van der Waals surface area contributed by atoms with Crippen LogP contribution in [0, 0.1) is 0 Å². The molecule has 0 radical (unpaired) electrons. The SMILES string of the molecule is COc1ccc(C2(N(Cc3cccnc3)NC(C)=O)CNC(=O)N2)cc1OC1CCCC1. The fraction of sp³-hybridized carbons (Fsp3) is 0.435. The van der Waals surface area contributed by atoms with E-state index >= 15 is 0 Å². The average molecular weight is 440 g/mol. The molecule has 1 atom stereocenters. The van der Waals surface area contributed by atoms with Crippen LogP contribution in [-0.4, -0.2) is 41.7 Å². The van der Waals surface area contributed by atoms with Crippen LogP contribution in [0.5, 0.6) is 11.5 Å². The van der Waals surface area contributed by atoms with Crippen molar-refractivity contribution < 1.29 is 19.1 Å². The maximum Gasteiger partial charge on any atom is 0.316 e. The summed E-state index contributed by atoms with van der Waals surface area (Å²) in [5, 5.41) is 7.58. The second kappa shape index (κ2) is 9.44. The lowest BCUT2D eigenvalue weighted by atomic mass is 9.98. The Morgan fingerprint density at radius 2 is 2.09 bits per heavy atom. The minimum Gasteiger partial charge on any atom is -0.493 e. The van der Waals surface area contributed by atoms with Gasteiger partial charge in [-0.3, -0.25) is 15.2 Å². The van der Waals surface area contributed by atoms with Gasteiger partial charge in [-0.25, -0.2) is 4.79 Å². The molecule has 2 heterocycles. The normalized spacial score (nSPS) is 20.7. The number of nitrogens with zero attached hydrogens (tertiary/aromatic N) is 2. The second-order valence-electron chi connectivity index (χ2n) is 8.17. The smallest absolute Gasteiger partial charge is 0.316 e. The van der Waals surface area contributed by atoms with Crippen molar-refractivity contribution >= 4 is 11.9 Å². The largest absolute Gasteiger partial charge is 0.493 e. The third-order valence-corrected chi connectivity index (χ3v) is 5.88. The van der Waals surface area contributed by atoms with Gasteiger partial charge in [0.2, 0.25) is 5.91 Å². The molecule has 3 amide bonds. The number of aromatic nitrogens is 1. The van der Waals surface area contributed by atoms with Gasteiger partial charge < -0.3 is 20.1 Å². The summed E-state index contributed by atoms with van der Waals surface area (Å²) in [6, 6.07) is 9.04. The molecule has 9 nitrogen and oxygen atoms in total. The number of urea groups is 1. The fourth-order valence-electron chi connectivity index (χ4n) is 4.32. The lowest BCUT2D eigenvalue weighted by molar-refractivity contribution is -0.128. The van der Waals surface area contributed by atoms with Crippen LogP contribution in [0.1, 0.15) is 43.7 Å². The van der Waals surface area contributed by atoms with Crippen molar-refractivity contribution in [2.75, 3.05) is 13.7 Å². The summed E-state index contributed by atoms with van der Waals surface area (Å²) in [5.41, 5.74) is 3.51. The summed E-state index contributed by atoms with van der Waals surface area (Å²) >= 11 is 0. The van der Waals surface area contributed by atoms with Crippen molar-refractivity contribution in [2.45, 2.75) is 50.9 Å². The van der Waals surface area contributed by atoms with E-state index in [0.717, 1.165) is 36.8 Å². The highest BCUT2D eigenvalue weighted by molar-refractivity contribution is 5.78. The highest BCUT2D eigenvalue weighted by atomic mass is 16.5. The van der Waals surface area contributed by atoms with E-state index < -0.39 is 5.66 Å². The lowest BCUT2D eigenvalue weighted by Crippen LogP contribution is -2.61. The first kappa shape index (κ1) is 21.9. The van der Waals surface area contributed by atoms with Crippen molar-refractivity contribution in [2.24, 2.45) is 0 Å². The summed E-state index contributed by atoms with van der Waals surface area (Å²) in [7, 11) is 1.61. The fourth-order valence-corrected chi connectivity index (χ4v) is 4.32. The molecular weight excluding hydrogens is 410 g/mol. The quantitative estimate of drug-likeness (QED) is 0.546. The van der Waals surface area contributed by atoms with Gasteiger partial charge in [-0.1, -0.05) is 12.1 Å². The molecule has 1 aliphatic carbocycles. The van der Waals surface area contributed by atoms with E-state index in [9.17, 15) is 9.59 Å². The van der Waals surface area contributed by atoms with E-state index in [-0.39, 0.29) is 24.6 Å². The van der Waals surface area contributed by atoms with Gasteiger partial charge in [0.05, 0.1) is 19.8 Å². The number of hydrazine groups is 1. The number of nitrogens with one attached hydrogen (secondary N) is 3. The summed E-state index contributed by atoms with van der Waals surface area (Å²) in [6.45, 7) is 2.03. The van der Waals surface area contributed by atoms with Crippen molar-refractivity contribution in [3.05, 3.63) is 53.9 Å². The van der Waals surface area contributed by atoms with Gasteiger partial charge in [0.1, 0.15) is 0 Å². The van der Waals surface area contributed by atoms with Crippen molar-refractivity contribution in [3.63, 3.8) is 0 Å². The van der Waals surface area contributed by atoms with Gasteiger partial charge in [-0.15, -0.1) is 0 Å². The van der Waals surface area contributed by atoms with Crippen LogP contribution in [0.3, 0.4) is 0 Å². The topological polar surface area (TPSA) is 105 Å². The van der Waals surface area contributed by atoms with Gasteiger partial charge in [0, 0.05) is 25.9 Å². The summed E-state index contributed by atoms with van der Waals surface area (Å²) in [5.74, 6) is 1.01. The zero-order valence-electron chi connectivity index (χ0n) is 18.4. The molecule has 1 unspecified atom stereocenters. The zero-order chi connectivity index (χ0) is 22.6. The van der Waals surface area contributed by atoms with Crippen LogP contribution in [0.25, 0.3) is 0 Å². The molecule has 1 saturated carbocycles. The predicted molar refractivity (Wildman–Crippen MR) is 118 cm³/mol. The van der Waals surface area contributed by atoms with Crippen LogP contribution in [0.15, 0.2) is 42.7 Å². The molecule has 32 heavy (non-hydrogen) atoms. The Morgan fingerprint density at radius 1 is 1.28 bits per heavy atom. The third kappa shape index (κ3) is 4.62. The van der Waals surface area contributed by atoms with Gasteiger partial charge in [-0.05, 0) is 55.0 Å². The van der Waals surface area contributed by atoms with Crippen molar-refractivity contribution in [3.8, 4) is 11.5 Å². The van der Waals surface area contributed by atoms with Crippen LogP contribution in [0.2, 0.25) is 0 Å². The number of hydrogen-bond acceptors (Lipinski definition) is 6. The highest BCUT2D eigenvalue weighted by Crippen LogP contribution is 2.37. The molecular formula is C23H29N5O4. The zero-order valence-corrected chi connectivity index (χ0v) is 18.4. The molecule has 2 aliphatic rings. The first-order valence-corrected chi connectivity index (χ1v) is 10.8. The molecule has 4 rings (SSSR count). The number of carbonyl (C=O) groups excluding carboxylic acids is 2. The van der Waals surface area contributed by atoms with Gasteiger partial charge in [0.15, 0.2) is 17.2 Å². The average Bonchev–Trinajstić information content (AvgIpc) is 3.44. The highest BCUT2D eigenvalue weighted by Gasteiger charge is 2.46. The Kier molecular flexibility index (Phi) is 6.45. The second-order valence-corrected chi connectivity index (χ2v) is 8.17. The third-order valence-electron chi connectivity index (χ3n) is 5.88. The van der Waals surface area contributed by atoms with Gasteiger partial charge in [-0.2, -0.15) is 5.01 Å². The first-order chi connectivity index (χ1) is 15.5. The molecule has 0 spiro atoms. The first-order valence-electron chi connectivity index (χ1n) is 10.8. The Hall–Kier alpha value is -3.33. The molecule has 0 bridgehead atoms. The van der Waals surface area contributed by atoms with Crippen molar-refractivity contribution in [1.29, 1.82) is 0 Å². The van der Waals surface area contributed by atoms with Crippen LogP contribution in [0.4, 0.5) is 4.79 Å². The lowest BCUT2D eigenvalue weighted by Gasteiger charge is -2.40. The van der Waals surface area contributed by atoms with E-state index in [1.165, 1.54) is 6.92 Å². The van der Waals surface area contributed by atoms with Gasteiger partial charge >= 0.3 is 6.03 Å². The number of carbonyl (C=O) groups is 2. The molecule has 9 heteroatoms. The molecule has 2 aromatic rings. The molecule has 170 valence electrons. The molecule has 1 aliphatic heterocycles. The van der Waals surface area contributed by atoms with Gasteiger partial charge in [0.25, 0.3) is 0 Å². The molecule has 1 aromatic carbocycles. The minimum atomic E-state index is -1.03. The molecule has 1 saturated heterocycles. The summed E-state index contributed by atoms with van der Waals surface area (Å²) in [6.07, 6.45) is 7.89. The van der Waals surface area contributed by atoms with Crippen LogP contribution >= 0.6 is 0 Å². The molecule has 3 N–H and O–H groups in total.